The van der Waals surface area contributed by atoms with E-state index in [2.05, 4.69) is 4.72 Å². The Morgan fingerprint density at radius 3 is 2.62 bits per heavy atom. The summed E-state index contributed by atoms with van der Waals surface area (Å²) in [4.78, 5) is 14.7. The number of hydrogen-bond donors (Lipinski definition) is 1. The minimum atomic E-state index is -3.55. The SMILES string of the molecule is O=C(c1ccsc1)N1C[C@@H]2C[C@H](NS(=O)(=O)c3ccccc3)[C@H]1C2. The van der Waals surface area contributed by atoms with Crippen LogP contribution >= 0.6 is 11.3 Å². The fourth-order valence-corrected chi connectivity index (χ4v) is 5.74. The average Bonchev–Trinajstić information content (AvgIpc) is 3.31. The van der Waals surface area contributed by atoms with Crippen LogP contribution in [0.4, 0.5) is 0 Å². The van der Waals surface area contributed by atoms with Gasteiger partial charge in [-0.3, -0.25) is 4.79 Å². The number of carbonyl (C=O) groups excluding carboxylic acids is 1. The number of thiophene rings is 1. The summed E-state index contributed by atoms with van der Waals surface area (Å²) >= 11 is 1.50. The molecule has 0 spiro atoms. The number of fused-ring (bicyclic) bond motifs is 2. The highest BCUT2D eigenvalue weighted by Crippen LogP contribution is 2.39. The molecule has 3 atom stereocenters. The maximum atomic E-state index is 12.6. The van der Waals surface area contributed by atoms with E-state index in [-0.39, 0.29) is 22.9 Å². The number of hydrogen-bond acceptors (Lipinski definition) is 4. The second-order valence-electron chi connectivity index (χ2n) is 6.42. The minimum Gasteiger partial charge on any atom is -0.334 e. The van der Waals surface area contributed by atoms with Crippen molar-refractivity contribution in [3.63, 3.8) is 0 Å². The maximum absolute atomic E-state index is 12.6. The summed E-state index contributed by atoms with van der Waals surface area (Å²) in [6, 6.07) is 9.94. The molecule has 2 bridgehead atoms. The van der Waals surface area contributed by atoms with Gasteiger partial charge in [-0.2, -0.15) is 11.3 Å². The van der Waals surface area contributed by atoms with E-state index >= 15 is 0 Å². The Morgan fingerprint density at radius 2 is 1.96 bits per heavy atom. The van der Waals surface area contributed by atoms with Crippen LogP contribution in [0.15, 0.2) is 52.1 Å². The first kappa shape index (κ1) is 15.8. The highest BCUT2D eigenvalue weighted by atomic mass is 32.2. The van der Waals surface area contributed by atoms with Crippen LogP contribution in [0.3, 0.4) is 0 Å². The van der Waals surface area contributed by atoms with Crippen LogP contribution in [0.1, 0.15) is 23.2 Å². The van der Waals surface area contributed by atoms with Crippen molar-refractivity contribution >= 4 is 27.3 Å². The summed E-state index contributed by atoms with van der Waals surface area (Å²) in [7, 11) is -3.55. The molecule has 1 saturated heterocycles. The predicted octanol–water partition coefficient (Wildman–Crippen LogP) is 2.33. The van der Waals surface area contributed by atoms with Gasteiger partial charge in [0.2, 0.25) is 10.0 Å². The van der Waals surface area contributed by atoms with Gasteiger partial charge in [-0.05, 0) is 42.3 Å². The van der Waals surface area contributed by atoms with Crippen LogP contribution in [-0.4, -0.2) is 37.9 Å². The molecule has 0 unspecified atom stereocenters. The third-order valence-corrected chi connectivity index (χ3v) is 7.06. The number of piperidine rings is 1. The molecule has 1 aromatic heterocycles. The van der Waals surface area contributed by atoms with Gasteiger partial charge in [0.05, 0.1) is 10.5 Å². The number of nitrogens with one attached hydrogen (secondary N) is 1. The van der Waals surface area contributed by atoms with Crippen molar-refractivity contribution in [3.8, 4) is 0 Å². The van der Waals surface area contributed by atoms with Gasteiger partial charge in [-0.25, -0.2) is 13.1 Å². The zero-order valence-electron chi connectivity index (χ0n) is 13.0. The monoisotopic (exact) mass is 362 g/mol. The van der Waals surface area contributed by atoms with Crippen LogP contribution in [0.2, 0.25) is 0 Å². The Bertz CT molecular complexity index is 834. The third kappa shape index (κ3) is 2.76. The van der Waals surface area contributed by atoms with E-state index in [1.807, 2.05) is 21.7 Å². The first-order chi connectivity index (χ1) is 11.5. The van der Waals surface area contributed by atoms with Crippen LogP contribution in [0.5, 0.6) is 0 Å². The molecule has 7 heteroatoms. The van der Waals surface area contributed by atoms with Gasteiger partial charge in [0.15, 0.2) is 0 Å². The van der Waals surface area contributed by atoms with E-state index in [0.717, 1.165) is 19.4 Å². The topological polar surface area (TPSA) is 66.5 Å². The molecule has 1 N–H and O–H groups in total. The van der Waals surface area contributed by atoms with E-state index in [4.69, 9.17) is 0 Å². The Balaban J connectivity index is 1.53. The van der Waals surface area contributed by atoms with Crippen molar-refractivity contribution in [3.05, 3.63) is 52.7 Å². The number of likely N-dealkylation sites (tertiary alicyclic amines) is 1. The lowest BCUT2D eigenvalue weighted by atomic mass is 10.1. The van der Waals surface area contributed by atoms with Gasteiger partial charge >= 0.3 is 0 Å². The molecule has 1 aliphatic carbocycles. The molecule has 2 aliphatic rings. The lowest BCUT2D eigenvalue weighted by molar-refractivity contribution is 0.0678. The van der Waals surface area contributed by atoms with Crippen molar-refractivity contribution in [2.75, 3.05) is 6.54 Å². The van der Waals surface area contributed by atoms with E-state index in [9.17, 15) is 13.2 Å². The normalized spacial score (nSPS) is 26.0. The predicted molar refractivity (Wildman–Crippen MR) is 92.4 cm³/mol. The van der Waals surface area contributed by atoms with Crippen molar-refractivity contribution in [1.29, 1.82) is 0 Å². The van der Waals surface area contributed by atoms with Gasteiger partial charge in [-0.1, -0.05) is 18.2 Å². The molecule has 5 nitrogen and oxygen atoms in total. The molecule has 2 fully saturated rings. The van der Waals surface area contributed by atoms with E-state index in [1.54, 1.807) is 30.3 Å². The van der Waals surface area contributed by atoms with Crippen LogP contribution in [0.25, 0.3) is 0 Å². The van der Waals surface area contributed by atoms with Gasteiger partial charge < -0.3 is 4.90 Å². The lowest BCUT2D eigenvalue weighted by Crippen LogP contribution is -2.51. The zero-order chi connectivity index (χ0) is 16.7. The zero-order valence-corrected chi connectivity index (χ0v) is 14.6. The van der Waals surface area contributed by atoms with Crippen molar-refractivity contribution < 1.29 is 13.2 Å². The number of rotatable bonds is 4. The first-order valence-electron chi connectivity index (χ1n) is 7.95. The fraction of sp³-hybridized carbons (Fsp3) is 0.353. The standard InChI is InChI=1S/C17H18N2O3S2/c20-17(13-6-7-23-11-13)19-10-12-8-15(16(19)9-12)18-24(21,22)14-4-2-1-3-5-14/h1-7,11-12,15-16,18H,8-10H2/t12-,15+,16-/m1/s1. The average molecular weight is 362 g/mol. The van der Waals surface area contributed by atoms with Crippen LogP contribution in [-0.2, 0) is 10.0 Å². The van der Waals surface area contributed by atoms with Crippen LogP contribution in [0, 0.1) is 5.92 Å². The molecule has 0 radical (unpaired) electrons. The summed E-state index contributed by atoms with van der Waals surface area (Å²) in [6.07, 6.45) is 1.67. The summed E-state index contributed by atoms with van der Waals surface area (Å²) in [5.74, 6) is 0.383. The van der Waals surface area contributed by atoms with Crippen LogP contribution < -0.4 is 4.72 Å². The largest absolute Gasteiger partial charge is 0.334 e. The Morgan fingerprint density at radius 1 is 1.17 bits per heavy atom. The number of benzene rings is 1. The second-order valence-corrected chi connectivity index (χ2v) is 8.91. The Kier molecular flexibility index (Phi) is 3.94. The van der Waals surface area contributed by atoms with Gasteiger partial charge in [-0.15, -0.1) is 0 Å². The van der Waals surface area contributed by atoms with E-state index in [1.165, 1.54) is 11.3 Å². The quantitative estimate of drug-likeness (QED) is 0.908. The fourth-order valence-electron chi connectivity index (χ4n) is 3.80. The van der Waals surface area contributed by atoms with Crippen molar-refractivity contribution in [1.82, 2.24) is 9.62 Å². The molecular formula is C17H18N2O3S2. The van der Waals surface area contributed by atoms with Crippen molar-refractivity contribution in [2.45, 2.75) is 29.8 Å². The van der Waals surface area contributed by atoms with Gasteiger partial charge in [0, 0.05) is 24.0 Å². The molecule has 4 rings (SSSR count). The first-order valence-corrected chi connectivity index (χ1v) is 10.4. The van der Waals surface area contributed by atoms with Gasteiger partial charge in [0.25, 0.3) is 5.91 Å². The van der Waals surface area contributed by atoms with E-state index < -0.39 is 10.0 Å². The van der Waals surface area contributed by atoms with Gasteiger partial charge in [0.1, 0.15) is 0 Å². The number of carbonyl (C=O) groups is 1. The summed E-state index contributed by atoms with van der Waals surface area (Å²) in [5, 5.41) is 3.73. The Hall–Kier alpha value is -1.70. The smallest absolute Gasteiger partial charge is 0.255 e. The Labute approximate surface area is 145 Å². The lowest BCUT2D eigenvalue weighted by Gasteiger charge is -2.33. The number of nitrogens with zero attached hydrogens (tertiary/aromatic N) is 1. The number of sulfonamides is 1. The van der Waals surface area contributed by atoms with E-state index in [0.29, 0.717) is 11.5 Å². The molecule has 1 amide bonds. The molecule has 1 saturated carbocycles. The summed E-state index contributed by atoms with van der Waals surface area (Å²) in [6.45, 7) is 0.725. The summed E-state index contributed by atoms with van der Waals surface area (Å²) in [5.41, 5.74) is 0.692. The molecule has 24 heavy (non-hydrogen) atoms. The summed E-state index contributed by atoms with van der Waals surface area (Å²) < 4.78 is 27.9. The highest BCUT2D eigenvalue weighted by molar-refractivity contribution is 7.89. The molecule has 2 heterocycles. The molecule has 2 aromatic rings. The molecule has 1 aromatic carbocycles. The third-order valence-electron chi connectivity index (χ3n) is 4.87. The molecule has 126 valence electrons. The molecular weight excluding hydrogens is 344 g/mol. The van der Waals surface area contributed by atoms with Crippen molar-refractivity contribution in [2.24, 2.45) is 5.92 Å². The second kappa shape index (κ2) is 5.98. The number of amides is 1. The highest BCUT2D eigenvalue weighted by Gasteiger charge is 2.48. The maximum Gasteiger partial charge on any atom is 0.255 e. The molecule has 1 aliphatic heterocycles. The minimum absolute atomic E-state index is 0.00681.